The summed E-state index contributed by atoms with van der Waals surface area (Å²) in [7, 11) is 0. The van der Waals surface area contributed by atoms with Crippen molar-refractivity contribution >= 4 is 0 Å². The largest absolute Gasteiger partial charge is 0.507 e. The van der Waals surface area contributed by atoms with Crippen LogP contribution in [0.5, 0.6) is 11.5 Å². The van der Waals surface area contributed by atoms with Crippen molar-refractivity contribution in [1.82, 2.24) is 10.6 Å². The lowest BCUT2D eigenvalue weighted by atomic mass is 9.78. The number of rotatable bonds is 15. The van der Waals surface area contributed by atoms with Gasteiger partial charge in [0.25, 0.3) is 0 Å². The second kappa shape index (κ2) is 16.0. The Bertz CT molecular complexity index is 1010. The average molecular weight is 609 g/mol. The number of nitrogens with one attached hydrogen (secondary N) is 2. The number of benzene rings is 2. The van der Waals surface area contributed by atoms with Crippen LogP contribution < -0.4 is 10.6 Å². The van der Waals surface area contributed by atoms with Gasteiger partial charge in [0.2, 0.25) is 0 Å². The van der Waals surface area contributed by atoms with E-state index < -0.39 is 0 Å². The molecule has 0 saturated carbocycles. The van der Waals surface area contributed by atoms with Crippen molar-refractivity contribution in [2.45, 2.75) is 156 Å². The van der Waals surface area contributed by atoms with Crippen molar-refractivity contribution in [2.24, 2.45) is 0 Å². The molecule has 0 aliphatic heterocycles. The van der Waals surface area contributed by atoms with Crippen LogP contribution in [-0.2, 0) is 34.5 Å². The molecule has 0 saturated heterocycles. The van der Waals surface area contributed by atoms with Crippen molar-refractivity contribution in [1.29, 1.82) is 0 Å². The van der Waals surface area contributed by atoms with E-state index in [9.17, 15) is 10.2 Å². The van der Waals surface area contributed by atoms with E-state index in [2.05, 4.69) is 118 Å². The molecule has 0 aliphatic rings. The number of hydrogen-bond acceptors (Lipinski definition) is 4. The quantitative estimate of drug-likeness (QED) is 0.152. The van der Waals surface area contributed by atoms with Gasteiger partial charge in [0, 0.05) is 0 Å². The summed E-state index contributed by atoms with van der Waals surface area (Å²) in [5.41, 5.74) is 6.60. The Morgan fingerprint density at radius 3 is 0.909 bits per heavy atom. The summed E-state index contributed by atoms with van der Waals surface area (Å²) in [4.78, 5) is 0. The third-order valence-electron chi connectivity index (χ3n) is 8.67. The van der Waals surface area contributed by atoms with E-state index in [-0.39, 0.29) is 21.7 Å². The zero-order valence-electron chi connectivity index (χ0n) is 30.7. The van der Waals surface area contributed by atoms with Crippen LogP contribution in [0, 0.1) is 0 Å². The van der Waals surface area contributed by atoms with Crippen LogP contribution in [0.15, 0.2) is 24.3 Å². The van der Waals surface area contributed by atoms with Gasteiger partial charge in [-0.25, -0.2) is 0 Å². The van der Waals surface area contributed by atoms with Gasteiger partial charge in [-0.15, -0.1) is 0 Å². The number of aryl methyl sites for hydroxylation is 2. The first kappa shape index (κ1) is 38.1. The maximum Gasteiger partial charge on any atom is 0.123 e. The lowest BCUT2D eigenvalue weighted by Crippen LogP contribution is -2.19. The number of aromatic hydroxyl groups is 2. The normalized spacial score (nSPS) is 13.1. The van der Waals surface area contributed by atoms with E-state index in [0.29, 0.717) is 11.5 Å². The molecule has 0 atom stereocenters. The monoisotopic (exact) mass is 609 g/mol. The fourth-order valence-electron chi connectivity index (χ4n) is 5.90. The average Bonchev–Trinajstić information content (AvgIpc) is 2.87. The van der Waals surface area contributed by atoms with Crippen LogP contribution in [0.3, 0.4) is 0 Å². The van der Waals surface area contributed by atoms with Crippen LogP contribution >= 0.6 is 0 Å². The molecular formula is C40H68N2O2. The zero-order chi connectivity index (χ0) is 33.3. The van der Waals surface area contributed by atoms with Crippen LogP contribution in [0.25, 0.3) is 0 Å². The van der Waals surface area contributed by atoms with Gasteiger partial charge in [-0.3, -0.25) is 0 Å². The summed E-state index contributed by atoms with van der Waals surface area (Å²) in [6.07, 6.45) is 9.30. The zero-order valence-corrected chi connectivity index (χ0v) is 30.7. The van der Waals surface area contributed by atoms with E-state index in [1.165, 1.54) is 36.8 Å². The van der Waals surface area contributed by atoms with Crippen molar-refractivity contribution < 1.29 is 10.2 Å². The molecule has 2 rings (SSSR count). The lowest BCUT2D eigenvalue weighted by Gasteiger charge is -2.28. The highest BCUT2D eigenvalue weighted by Crippen LogP contribution is 2.41. The molecule has 0 heterocycles. The summed E-state index contributed by atoms with van der Waals surface area (Å²) >= 11 is 0. The Kier molecular flexibility index (Phi) is 13.9. The molecule has 0 aromatic heterocycles. The molecule has 4 heteroatoms. The number of unbranched alkanes of at least 4 members (excludes halogenated alkanes) is 3. The fraction of sp³-hybridized carbons (Fsp3) is 0.700. The van der Waals surface area contributed by atoms with Gasteiger partial charge >= 0.3 is 0 Å². The SMILES string of the molecule is CC(C)(C)c1cc(CCCNCCCCCCNCCCc2cc(C(C)(C)C)c(O)c(C(C)(C)C)c2)cc(C(C)(C)C)c1O. The van der Waals surface area contributed by atoms with Gasteiger partial charge in [-0.05, 0) is 120 Å². The van der Waals surface area contributed by atoms with Gasteiger partial charge in [-0.2, -0.15) is 0 Å². The van der Waals surface area contributed by atoms with Gasteiger partial charge in [-0.1, -0.05) is 120 Å². The Balaban J connectivity index is 1.62. The van der Waals surface area contributed by atoms with Gasteiger partial charge in [0.15, 0.2) is 0 Å². The molecule has 0 amide bonds. The van der Waals surface area contributed by atoms with Gasteiger partial charge < -0.3 is 20.8 Å². The van der Waals surface area contributed by atoms with Crippen LogP contribution in [-0.4, -0.2) is 36.4 Å². The first-order chi connectivity index (χ1) is 20.2. The molecule has 0 unspecified atom stereocenters. The summed E-state index contributed by atoms with van der Waals surface area (Å²) in [6.45, 7) is 30.4. The molecule has 250 valence electrons. The molecule has 4 nitrogen and oxygen atoms in total. The first-order valence-corrected chi connectivity index (χ1v) is 17.4. The lowest BCUT2D eigenvalue weighted by molar-refractivity contribution is 0.421. The minimum Gasteiger partial charge on any atom is -0.507 e. The van der Waals surface area contributed by atoms with Crippen LogP contribution in [0.4, 0.5) is 0 Å². The Morgan fingerprint density at radius 2 is 0.659 bits per heavy atom. The Morgan fingerprint density at radius 1 is 0.409 bits per heavy atom. The molecule has 0 spiro atoms. The number of phenolic OH excluding ortho intramolecular Hbond substituents is 2. The maximum atomic E-state index is 11.0. The third-order valence-corrected chi connectivity index (χ3v) is 8.67. The molecule has 2 aromatic rings. The van der Waals surface area contributed by atoms with Crippen LogP contribution in [0.2, 0.25) is 0 Å². The second-order valence-corrected chi connectivity index (χ2v) is 17.2. The van der Waals surface area contributed by atoms with Gasteiger partial charge in [0.1, 0.15) is 11.5 Å². The van der Waals surface area contributed by atoms with Crippen molar-refractivity contribution in [2.75, 3.05) is 26.2 Å². The van der Waals surface area contributed by atoms with Crippen molar-refractivity contribution in [3.05, 3.63) is 57.6 Å². The molecule has 0 radical (unpaired) electrons. The summed E-state index contributed by atoms with van der Waals surface area (Å²) in [6, 6.07) is 8.88. The first-order valence-electron chi connectivity index (χ1n) is 17.4. The second-order valence-electron chi connectivity index (χ2n) is 17.2. The smallest absolute Gasteiger partial charge is 0.123 e. The van der Waals surface area contributed by atoms with E-state index in [1.807, 2.05) is 0 Å². The molecular weight excluding hydrogens is 540 g/mol. The Labute approximate surface area is 271 Å². The van der Waals surface area contributed by atoms with E-state index in [4.69, 9.17) is 0 Å². The molecule has 0 aliphatic carbocycles. The molecule has 4 N–H and O–H groups in total. The highest BCUT2D eigenvalue weighted by atomic mass is 16.3. The number of hydrogen-bond donors (Lipinski definition) is 4. The van der Waals surface area contributed by atoms with Gasteiger partial charge in [0.05, 0.1) is 0 Å². The predicted molar refractivity (Wildman–Crippen MR) is 192 cm³/mol. The molecule has 0 bridgehead atoms. The Hall–Kier alpha value is -2.04. The summed E-state index contributed by atoms with van der Waals surface area (Å²) < 4.78 is 0. The van der Waals surface area contributed by atoms with Crippen LogP contribution in [0.1, 0.15) is 155 Å². The minimum atomic E-state index is -0.0748. The highest BCUT2D eigenvalue weighted by molar-refractivity contribution is 5.51. The van der Waals surface area contributed by atoms with E-state index in [0.717, 1.165) is 74.1 Å². The molecule has 44 heavy (non-hydrogen) atoms. The summed E-state index contributed by atoms with van der Waals surface area (Å²) in [5, 5.41) is 29.2. The molecule has 0 fully saturated rings. The third kappa shape index (κ3) is 12.0. The predicted octanol–water partition coefficient (Wildman–Crippen LogP) is 9.59. The van der Waals surface area contributed by atoms with Crippen molar-refractivity contribution in [3.8, 4) is 11.5 Å². The van der Waals surface area contributed by atoms with E-state index >= 15 is 0 Å². The van der Waals surface area contributed by atoms with Crippen molar-refractivity contribution in [3.63, 3.8) is 0 Å². The van der Waals surface area contributed by atoms with E-state index in [1.54, 1.807) is 0 Å². The number of phenols is 2. The minimum absolute atomic E-state index is 0.0748. The fourth-order valence-corrected chi connectivity index (χ4v) is 5.90. The maximum absolute atomic E-state index is 11.0. The highest BCUT2D eigenvalue weighted by Gasteiger charge is 2.27. The molecule has 2 aromatic carbocycles. The topological polar surface area (TPSA) is 64.5 Å². The standard InChI is InChI=1S/C40H68N2O2/c1-37(2,3)31-25-29(26-32(35(31)43)38(4,5)6)19-17-23-41-21-15-13-14-16-22-42-24-18-20-30-27-33(39(7,8)9)36(44)34(28-30)40(10,11)12/h25-28,41-44H,13-24H2,1-12H3. The summed E-state index contributed by atoms with van der Waals surface area (Å²) in [5.74, 6) is 0.945.